The summed E-state index contributed by atoms with van der Waals surface area (Å²) in [7, 11) is 1.82. The number of aliphatic imine (C=N–C) groups is 1. The lowest BCUT2D eigenvalue weighted by atomic mass is 9.77. The minimum Gasteiger partial charge on any atom is -0.394 e. The average molecular weight is 453 g/mol. The average Bonchev–Trinajstić information content (AvgIpc) is 3.14. The van der Waals surface area contributed by atoms with E-state index in [1.807, 2.05) is 26.2 Å². The number of aliphatic hydroxyl groups excluding tert-OH is 1. The van der Waals surface area contributed by atoms with Crippen molar-refractivity contribution in [1.29, 1.82) is 0 Å². The molecule has 164 valence electrons. The van der Waals surface area contributed by atoms with Crippen LogP contribution in [-0.4, -0.2) is 59.8 Å². The van der Waals surface area contributed by atoms with Crippen molar-refractivity contribution in [1.82, 2.24) is 9.91 Å². The summed E-state index contributed by atoms with van der Waals surface area (Å²) in [5.41, 5.74) is 2.56. The minimum atomic E-state index is -0.428. The predicted molar refractivity (Wildman–Crippen MR) is 121 cm³/mol. The van der Waals surface area contributed by atoms with E-state index in [1.54, 1.807) is 11.1 Å². The van der Waals surface area contributed by atoms with Gasteiger partial charge in [-0.2, -0.15) is 0 Å². The molecule has 1 unspecified atom stereocenters. The molecule has 2 aliphatic heterocycles. The molecule has 1 spiro atoms. The number of likely N-dealkylation sites (tertiary alicyclic amines) is 1. The van der Waals surface area contributed by atoms with Crippen molar-refractivity contribution in [3.63, 3.8) is 0 Å². The molecule has 6 nitrogen and oxygen atoms in total. The van der Waals surface area contributed by atoms with Gasteiger partial charge in [0, 0.05) is 25.8 Å². The van der Waals surface area contributed by atoms with Crippen molar-refractivity contribution in [3.05, 3.63) is 39.5 Å². The number of nitrogens with two attached hydrogens (primary N) is 1. The number of hydrogen-bond donors (Lipinski definition) is 2. The Morgan fingerprint density at radius 3 is 2.63 bits per heavy atom. The Morgan fingerprint density at radius 1 is 1.27 bits per heavy atom. The third-order valence-corrected chi connectivity index (χ3v) is 7.85. The van der Waals surface area contributed by atoms with Crippen molar-refractivity contribution in [2.75, 3.05) is 26.8 Å². The van der Waals surface area contributed by atoms with Gasteiger partial charge in [-0.3, -0.25) is 5.01 Å². The summed E-state index contributed by atoms with van der Waals surface area (Å²) in [5.74, 6) is 7.34. The van der Waals surface area contributed by atoms with Crippen LogP contribution in [0.25, 0.3) is 5.70 Å². The second-order valence-corrected chi connectivity index (χ2v) is 9.48. The Kier molecular flexibility index (Phi) is 6.33. The number of amidine groups is 1. The lowest BCUT2D eigenvalue weighted by molar-refractivity contribution is 0.0777. The summed E-state index contributed by atoms with van der Waals surface area (Å²) in [6.07, 6.45) is 6.15. The smallest absolute Gasteiger partial charge is 0.131 e. The molecule has 1 aliphatic carbocycles. The first-order chi connectivity index (χ1) is 14.4. The van der Waals surface area contributed by atoms with Crippen LogP contribution in [0.1, 0.15) is 44.6 Å². The highest BCUT2D eigenvalue weighted by Gasteiger charge is 2.43. The van der Waals surface area contributed by atoms with Crippen molar-refractivity contribution in [2.45, 2.75) is 51.2 Å². The minimum absolute atomic E-state index is 0.127. The first-order valence-corrected chi connectivity index (χ1v) is 11.3. The number of nitrogens with zero attached hydrogens (tertiary/aromatic N) is 3. The van der Waals surface area contributed by atoms with Crippen LogP contribution in [0.15, 0.2) is 28.9 Å². The molecular formula is C22H30Cl2N4O2. The molecule has 1 saturated heterocycles. The Bertz CT molecular complexity index is 865. The van der Waals surface area contributed by atoms with Gasteiger partial charge >= 0.3 is 0 Å². The molecule has 0 bridgehead atoms. The molecule has 3 aliphatic rings. The number of methoxy groups -OCH3 is 1. The summed E-state index contributed by atoms with van der Waals surface area (Å²) in [6.45, 7) is 3.63. The topological polar surface area (TPSA) is 74.3 Å². The molecule has 1 aromatic carbocycles. The molecule has 1 aromatic rings. The van der Waals surface area contributed by atoms with Crippen LogP contribution in [0.4, 0.5) is 0 Å². The molecule has 2 heterocycles. The number of piperidine rings is 1. The number of rotatable bonds is 3. The van der Waals surface area contributed by atoms with Crippen LogP contribution < -0.4 is 5.84 Å². The zero-order valence-electron chi connectivity index (χ0n) is 17.6. The van der Waals surface area contributed by atoms with E-state index in [-0.39, 0.29) is 6.61 Å². The maximum absolute atomic E-state index is 10.2. The molecule has 30 heavy (non-hydrogen) atoms. The fraction of sp³-hybridized carbons (Fsp3) is 0.591. The fourth-order valence-electron chi connectivity index (χ4n) is 5.26. The standard InChI is InChI=1S/C22H30Cl2N4O2/c1-14-20(16-4-3-5-17(23)19(16)24)28(25)18(13-29)21(26-14)27-10-8-22(9-11-27)7-6-15(12-22)30-2/h3-5,15,18,29H,6-13,25H2,1-2H3/t15-,18?/m1/s1. The highest BCUT2D eigenvalue weighted by atomic mass is 35.5. The van der Waals surface area contributed by atoms with Gasteiger partial charge in [-0.05, 0) is 50.5 Å². The maximum Gasteiger partial charge on any atom is 0.131 e. The zero-order valence-corrected chi connectivity index (χ0v) is 19.1. The molecule has 1 saturated carbocycles. The molecule has 0 amide bonds. The number of halogens is 2. The van der Waals surface area contributed by atoms with Crippen molar-refractivity contribution in [3.8, 4) is 0 Å². The van der Waals surface area contributed by atoms with Gasteiger partial charge < -0.3 is 14.7 Å². The van der Waals surface area contributed by atoms with E-state index in [0.717, 1.165) is 55.9 Å². The van der Waals surface area contributed by atoms with Crippen molar-refractivity contribution >= 4 is 34.7 Å². The maximum atomic E-state index is 10.2. The van der Waals surface area contributed by atoms with Gasteiger partial charge in [0.2, 0.25) is 0 Å². The highest BCUT2D eigenvalue weighted by molar-refractivity contribution is 6.43. The summed E-state index contributed by atoms with van der Waals surface area (Å²) >= 11 is 12.7. The molecule has 4 rings (SSSR count). The molecule has 2 fully saturated rings. The Morgan fingerprint density at radius 2 is 2.00 bits per heavy atom. The van der Waals surface area contributed by atoms with Crippen LogP contribution in [0.2, 0.25) is 10.0 Å². The van der Waals surface area contributed by atoms with Gasteiger partial charge in [-0.25, -0.2) is 10.8 Å². The number of ether oxygens (including phenoxy) is 1. The summed E-state index contributed by atoms with van der Waals surface area (Å²) in [6, 6.07) is 5.03. The number of aliphatic hydroxyl groups is 1. The lowest BCUT2D eigenvalue weighted by Gasteiger charge is -2.45. The summed E-state index contributed by atoms with van der Waals surface area (Å²) in [4.78, 5) is 7.18. The first-order valence-electron chi connectivity index (χ1n) is 10.6. The zero-order chi connectivity index (χ0) is 21.5. The van der Waals surface area contributed by atoms with Gasteiger partial charge in [-0.15, -0.1) is 0 Å². The quantitative estimate of drug-likeness (QED) is 0.679. The van der Waals surface area contributed by atoms with Crippen LogP contribution >= 0.6 is 23.2 Å². The molecule has 0 aromatic heterocycles. The monoisotopic (exact) mass is 452 g/mol. The Hall–Kier alpha value is -1.31. The highest BCUT2D eigenvalue weighted by Crippen LogP contribution is 2.47. The third-order valence-electron chi connectivity index (χ3n) is 7.04. The molecular weight excluding hydrogens is 423 g/mol. The largest absolute Gasteiger partial charge is 0.394 e. The third kappa shape index (κ3) is 3.84. The molecule has 3 N–H and O–H groups in total. The van der Waals surface area contributed by atoms with Gasteiger partial charge in [0.15, 0.2) is 0 Å². The van der Waals surface area contributed by atoms with Gasteiger partial charge in [0.25, 0.3) is 0 Å². The number of hydrazine groups is 1. The van der Waals surface area contributed by atoms with E-state index in [1.165, 1.54) is 6.42 Å². The van der Waals surface area contributed by atoms with E-state index in [9.17, 15) is 5.11 Å². The van der Waals surface area contributed by atoms with E-state index >= 15 is 0 Å². The molecule has 8 heteroatoms. The Balaban J connectivity index is 1.60. The SMILES string of the molecule is CO[C@@H]1CCC2(CCN(C3=NC(C)=C(c4cccc(Cl)c4Cl)N(N)C3CO)CC2)C1. The van der Waals surface area contributed by atoms with Crippen molar-refractivity contribution in [2.24, 2.45) is 16.3 Å². The van der Waals surface area contributed by atoms with E-state index < -0.39 is 6.04 Å². The number of benzene rings is 1. The first kappa shape index (κ1) is 21.9. The van der Waals surface area contributed by atoms with E-state index in [4.69, 9.17) is 38.8 Å². The van der Waals surface area contributed by atoms with Crippen molar-refractivity contribution < 1.29 is 9.84 Å². The second kappa shape index (κ2) is 8.67. The van der Waals surface area contributed by atoms with Gasteiger partial charge in [-0.1, -0.05) is 35.3 Å². The predicted octanol–water partition coefficient (Wildman–Crippen LogP) is 3.91. The van der Waals surface area contributed by atoms with Gasteiger partial charge in [0.05, 0.1) is 34.2 Å². The number of allylic oxidation sites excluding steroid dienone is 1. The molecule has 2 atom stereocenters. The van der Waals surface area contributed by atoms with Gasteiger partial charge in [0.1, 0.15) is 11.9 Å². The Labute approximate surface area is 188 Å². The van der Waals surface area contributed by atoms with E-state index in [0.29, 0.717) is 27.3 Å². The van der Waals surface area contributed by atoms with Crippen LogP contribution in [0.3, 0.4) is 0 Å². The fourth-order valence-corrected chi connectivity index (χ4v) is 5.65. The van der Waals surface area contributed by atoms with Crippen LogP contribution in [0.5, 0.6) is 0 Å². The van der Waals surface area contributed by atoms with E-state index in [2.05, 4.69) is 4.90 Å². The lowest BCUT2D eigenvalue weighted by Crippen LogP contribution is -2.56. The van der Waals surface area contributed by atoms with Crippen LogP contribution in [-0.2, 0) is 4.74 Å². The molecule has 0 radical (unpaired) electrons. The second-order valence-electron chi connectivity index (χ2n) is 8.70. The summed E-state index contributed by atoms with van der Waals surface area (Å²) < 4.78 is 5.60. The summed E-state index contributed by atoms with van der Waals surface area (Å²) in [5, 5.41) is 12.7. The number of hydrogen-bond acceptors (Lipinski definition) is 6. The van der Waals surface area contributed by atoms with Crippen LogP contribution in [0, 0.1) is 5.41 Å². The normalized spacial score (nSPS) is 26.5.